The van der Waals surface area contributed by atoms with Crippen molar-refractivity contribution < 1.29 is 19.4 Å². The van der Waals surface area contributed by atoms with Crippen LogP contribution >= 0.6 is 0 Å². The van der Waals surface area contributed by atoms with Gasteiger partial charge in [-0.15, -0.1) is 0 Å². The summed E-state index contributed by atoms with van der Waals surface area (Å²) in [4.78, 5) is 23.9. The molecule has 0 aliphatic carbocycles. The van der Waals surface area contributed by atoms with Gasteiger partial charge in [-0.25, -0.2) is 9.97 Å². The number of likely N-dealkylation sites (tertiary alicyclic amines) is 1. The summed E-state index contributed by atoms with van der Waals surface area (Å²) in [6.45, 7) is 0.889. The van der Waals surface area contributed by atoms with Crippen molar-refractivity contribution in [2.45, 2.75) is 18.9 Å². The van der Waals surface area contributed by atoms with Crippen molar-refractivity contribution >= 4 is 34.0 Å². The maximum atomic E-state index is 12.8. The minimum Gasteiger partial charge on any atom is -0.488 e. The highest BCUT2D eigenvalue weighted by Gasteiger charge is 2.19. The van der Waals surface area contributed by atoms with E-state index < -0.39 is 0 Å². The number of hydrogen-bond donors (Lipinski definition) is 3. The lowest BCUT2D eigenvalue weighted by molar-refractivity contribution is -0.111. The van der Waals surface area contributed by atoms with Crippen molar-refractivity contribution in [2.75, 3.05) is 37.4 Å². The van der Waals surface area contributed by atoms with Crippen LogP contribution in [-0.4, -0.2) is 58.7 Å². The molecule has 2 heterocycles. The van der Waals surface area contributed by atoms with E-state index >= 15 is 0 Å². The lowest BCUT2D eigenvalue weighted by Crippen LogP contribution is -2.23. The van der Waals surface area contributed by atoms with Crippen LogP contribution in [0.3, 0.4) is 0 Å². The number of ether oxygens (including phenoxy) is 2. The number of aromatic nitrogens is 2. The molecule has 1 saturated heterocycles. The first-order valence-corrected chi connectivity index (χ1v) is 12.9. The van der Waals surface area contributed by atoms with Gasteiger partial charge in [-0.3, -0.25) is 9.69 Å². The minimum absolute atomic E-state index is 0.0462. The molecule has 0 radical (unpaired) electrons. The fraction of sp³-hybridized carbons (Fsp3) is 0.233. The van der Waals surface area contributed by atoms with Crippen LogP contribution < -0.4 is 20.1 Å². The third-order valence-corrected chi connectivity index (χ3v) is 6.49. The molecule has 9 nitrogen and oxygen atoms in total. The second kappa shape index (κ2) is 12.4. The molecule has 1 unspecified atom stereocenters. The number of aliphatic hydroxyl groups is 1. The highest BCUT2D eigenvalue weighted by molar-refractivity contribution is 6.06. The van der Waals surface area contributed by atoms with Gasteiger partial charge in [0, 0.05) is 17.8 Å². The number of fused-ring (bicyclic) bond motifs is 1. The first kappa shape index (κ1) is 26.1. The van der Waals surface area contributed by atoms with Gasteiger partial charge in [0.2, 0.25) is 5.91 Å². The van der Waals surface area contributed by atoms with E-state index in [0.29, 0.717) is 33.9 Å². The van der Waals surface area contributed by atoms with Crippen LogP contribution in [0.15, 0.2) is 85.2 Å². The zero-order valence-corrected chi connectivity index (χ0v) is 21.7. The van der Waals surface area contributed by atoms with Gasteiger partial charge in [0.15, 0.2) is 5.75 Å². The zero-order chi connectivity index (χ0) is 27.0. The van der Waals surface area contributed by atoms with Crippen LogP contribution in [0.25, 0.3) is 10.9 Å². The fourth-order valence-corrected chi connectivity index (χ4v) is 4.53. The maximum absolute atomic E-state index is 12.8. The van der Waals surface area contributed by atoms with E-state index in [1.54, 1.807) is 18.2 Å². The Morgan fingerprint density at radius 1 is 1.08 bits per heavy atom. The number of amides is 1. The summed E-state index contributed by atoms with van der Waals surface area (Å²) in [5.41, 5.74) is 1.88. The average Bonchev–Trinajstić information content (AvgIpc) is 3.37. The molecule has 1 aromatic heterocycles. The number of nitrogens with one attached hydrogen (secondary N) is 2. The Morgan fingerprint density at radius 3 is 2.62 bits per heavy atom. The van der Waals surface area contributed by atoms with Crippen molar-refractivity contribution in [3.63, 3.8) is 0 Å². The Hall–Kier alpha value is -4.47. The molecular weight excluding hydrogens is 494 g/mol. The maximum Gasteiger partial charge on any atom is 0.248 e. The van der Waals surface area contributed by atoms with E-state index in [4.69, 9.17) is 9.47 Å². The van der Waals surface area contributed by atoms with Gasteiger partial charge in [0.1, 0.15) is 30.3 Å². The second-order valence-corrected chi connectivity index (χ2v) is 9.23. The second-order valence-electron chi connectivity index (χ2n) is 9.23. The van der Waals surface area contributed by atoms with Crippen LogP contribution in [0.5, 0.6) is 17.2 Å². The highest BCUT2D eigenvalue weighted by Crippen LogP contribution is 2.38. The topological polar surface area (TPSA) is 109 Å². The molecule has 1 fully saturated rings. The number of carbonyl (C=O) groups is 1. The van der Waals surface area contributed by atoms with Crippen molar-refractivity contribution in [1.29, 1.82) is 0 Å². The summed E-state index contributed by atoms with van der Waals surface area (Å²) >= 11 is 0. The molecule has 0 spiro atoms. The monoisotopic (exact) mass is 525 g/mol. The third kappa shape index (κ3) is 6.51. The van der Waals surface area contributed by atoms with Crippen molar-refractivity contribution in [3.8, 4) is 17.2 Å². The third-order valence-electron chi connectivity index (χ3n) is 6.49. The summed E-state index contributed by atoms with van der Waals surface area (Å²) in [5.74, 6) is 2.08. The van der Waals surface area contributed by atoms with Gasteiger partial charge in [0.25, 0.3) is 0 Å². The molecule has 0 bridgehead atoms. The predicted octanol–water partition coefficient (Wildman–Crippen LogP) is 5.13. The number of benzene rings is 3. The summed E-state index contributed by atoms with van der Waals surface area (Å²) in [6, 6.07) is 20.9. The van der Waals surface area contributed by atoms with Crippen LogP contribution in [0.2, 0.25) is 0 Å². The number of para-hydroxylation sites is 1. The Morgan fingerprint density at radius 2 is 1.87 bits per heavy atom. The standard InChI is InChI=1S/C30H31N5O4/c1-35-17-5-6-22(35)11-16-27(37)34-26-15-14-25-28(29(26)38-19-18-36)30(32-20-31-25)33-21-9-12-24(13-10-21)39-23-7-3-2-4-8-23/h2-4,7-16,20,22,36H,5-6,17-19H2,1H3,(H,34,37)(H,31,32,33). The smallest absolute Gasteiger partial charge is 0.248 e. The van der Waals surface area contributed by atoms with Gasteiger partial charge in [0.05, 0.1) is 23.2 Å². The lowest BCUT2D eigenvalue weighted by atomic mass is 10.1. The molecule has 1 aliphatic heterocycles. The number of anilines is 3. The first-order chi connectivity index (χ1) is 19.1. The molecular formula is C30H31N5O4. The molecule has 3 N–H and O–H groups in total. The molecule has 1 amide bonds. The van der Waals surface area contributed by atoms with Crippen LogP contribution in [0.1, 0.15) is 12.8 Å². The molecule has 39 heavy (non-hydrogen) atoms. The molecule has 1 aliphatic rings. The van der Waals surface area contributed by atoms with Crippen molar-refractivity contribution in [1.82, 2.24) is 14.9 Å². The normalized spacial score (nSPS) is 15.5. The number of rotatable bonds is 10. The molecule has 3 aromatic carbocycles. The number of carbonyl (C=O) groups excluding carboxylic acids is 1. The first-order valence-electron chi connectivity index (χ1n) is 12.9. The molecule has 5 rings (SSSR count). The average molecular weight is 526 g/mol. The molecule has 4 aromatic rings. The van der Waals surface area contributed by atoms with Crippen LogP contribution in [0.4, 0.5) is 17.2 Å². The number of likely N-dealkylation sites (N-methyl/N-ethyl adjacent to an activating group) is 1. The quantitative estimate of drug-likeness (QED) is 0.245. The molecule has 200 valence electrons. The largest absolute Gasteiger partial charge is 0.488 e. The number of aliphatic hydroxyl groups excluding tert-OH is 1. The van der Waals surface area contributed by atoms with Gasteiger partial charge in [-0.2, -0.15) is 0 Å². The summed E-state index contributed by atoms with van der Waals surface area (Å²) < 4.78 is 11.8. The summed E-state index contributed by atoms with van der Waals surface area (Å²) in [6.07, 6.45) is 7.11. The van der Waals surface area contributed by atoms with E-state index in [1.165, 1.54) is 6.33 Å². The minimum atomic E-state index is -0.260. The van der Waals surface area contributed by atoms with E-state index in [9.17, 15) is 9.90 Å². The van der Waals surface area contributed by atoms with Gasteiger partial charge in [-0.1, -0.05) is 24.3 Å². The highest BCUT2D eigenvalue weighted by atomic mass is 16.5. The predicted molar refractivity (Wildman–Crippen MR) is 152 cm³/mol. The SMILES string of the molecule is CN1CCCC1C=CC(=O)Nc1ccc2ncnc(Nc3ccc(Oc4ccccc4)cc3)c2c1OCCO. The van der Waals surface area contributed by atoms with Crippen molar-refractivity contribution in [2.24, 2.45) is 0 Å². The van der Waals surface area contributed by atoms with E-state index in [1.807, 2.05) is 60.7 Å². The van der Waals surface area contributed by atoms with Crippen molar-refractivity contribution in [3.05, 3.63) is 85.2 Å². The molecule has 9 heteroatoms. The van der Waals surface area contributed by atoms with Gasteiger partial charge < -0.3 is 25.2 Å². The van der Waals surface area contributed by atoms with Gasteiger partial charge >= 0.3 is 0 Å². The summed E-state index contributed by atoms with van der Waals surface area (Å²) in [7, 11) is 2.06. The Kier molecular flexibility index (Phi) is 8.30. The lowest BCUT2D eigenvalue weighted by Gasteiger charge is -2.17. The Labute approximate surface area is 227 Å². The Bertz CT molecular complexity index is 1440. The van der Waals surface area contributed by atoms with E-state index in [0.717, 1.165) is 30.8 Å². The van der Waals surface area contributed by atoms with Crippen LogP contribution in [0, 0.1) is 0 Å². The zero-order valence-electron chi connectivity index (χ0n) is 21.7. The number of hydrogen-bond acceptors (Lipinski definition) is 8. The summed E-state index contributed by atoms with van der Waals surface area (Å²) in [5, 5.41) is 16.3. The number of nitrogens with zero attached hydrogens (tertiary/aromatic N) is 3. The van der Waals surface area contributed by atoms with E-state index in [2.05, 4.69) is 32.5 Å². The van der Waals surface area contributed by atoms with E-state index in [-0.39, 0.29) is 25.2 Å². The fourth-order valence-electron chi connectivity index (χ4n) is 4.53. The van der Waals surface area contributed by atoms with Gasteiger partial charge in [-0.05, 0) is 75.0 Å². The Balaban J connectivity index is 1.40. The molecule has 1 atom stereocenters. The molecule has 0 saturated carbocycles. The van der Waals surface area contributed by atoms with Crippen LogP contribution in [-0.2, 0) is 4.79 Å².